The van der Waals surface area contributed by atoms with Crippen LogP contribution in [-0.2, 0) is 0 Å². The van der Waals surface area contributed by atoms with Gasteiger partial charge in [0.2, 0.25) is 0 Å². The van der Waals surface area contributed by atoms with Gasteiger partial charge in [0, 0.05) is 44.1 Å². The highest BCUT2D eigenvalue weighted by atomic mass is 16.2. The Hall–Kier alpha value is -3.42. The van der Waals surface area contributed by atoms with Gasteiger partial charge in [0.15, 0.2) is 11.5 Å². The Bertz CT molecular complexity index is 940. The van der Waals surface area contributed by atoms with E-state index in [1.165, 1.54) is 0 Å². The van der Waals surface area contributed by atoms with Gasteiger partial charge in [-0.05, 0) is 24.3 Å². The monoisotopic (exact) mass is 364 g/mol. The summed E-state index contributed by atoms with van der Waals surface area (Å²) in [6, 6.07) is 13.2. The number of amides is 2. The van der Waals surface area contributed by atoms with Crippen LogP contribution in [0.1, 0.15) is 21.0 Å². The van der Waals surface area contributed by atoms with Crippen LogP contribution in [0.15, 0.2) is 42.5 Å². The van der Waals surface area contributed by atoms with Gasteiger partial charge in [-0.3, -0.25) is 9.59 Å². The molecule has 0 atom stereocenters. The van der Waals surface area contributed by atoms with E-state index in [0.29, 0.717) is 37.7 Å². The van der Waals surface area contributed by atoms with E-state index in [4.69, 9.17) is 0 Å². The number of anilines is 1. The Morgan fingerprint density at radius 2 is 1.81 bits per heavy atom. The summed E-state index contributed by atoms with van der Waals surface area (Å²) >= 11 is 0. The summed E-state index contributed by atoms with van der Waals surface area (Å²) in [6.07, 6.45) is 0. The highest BCUT2D eigenvalue weighted by Crippen LogP contribution is 2.18. The number of rotatable bonds is 3. The van der Waals surface area contributed by atoms with Crippen molar-refractivity contribution in [1.82, 2.24) is 25.4 Å². The number of nitrogens with one attached hydrogen (secondary N) is 2. The van der Waals surface area contributed by atoms with E-state index in [0.717, 1.165) is 10.9 Å². The molecule has 8 nitrogen and oxygen atoms in total. The minimum absolute atomic E-state index is 0.00639. The maximum absolute atomic E-state index is 12.8. The fraction of sp³-hybridized carbons (Fsp3) is 0.263. The van der Waals surface area contributed by atoms with Gasteiger partial charge in [0.1, 0.15) is 5.69 Å². The number of hydrogen-bond acceptors (Lipinski definition) is 5. The lowest BCUT2D eigenvalue weighted by molar-refractivity contribution is 0.0741. The first kappa shape index (κ1) is 17.0. The average molecular weight is 364 g/mol. The molecule has 0 radical (unpaired) electrons. The van der Waals surface area contributed by atoms with Crippen LogP contribution >= 0.6 is 0 Å². The summed E-state index contributed by atoms with van der Waals surface area (Å²) in [7, 11) is 1.56. The first-order chi connectivity index (χ1) is 13.2. The zero-order valence-corrected chi connectivity index (χ0v) is 15.0. The zero-order valence-electron chi connectivity index (χ0n) is 15.0. The second-order valence-electron chi connectivity index (χ2n) is 6.41. The molecular weight excluding hydrogens is 344 g/mol. The van der Waals surface area contributed by atoms with Gasteiger partial charge >= 0.3 is 0 Å². The van der Waals surface area contributed by atoms with Gasteiger partial charge in [-0.25, -0.2) is 0 Å². The van der Waals surface area contributed by atoms with Crippen molar-refractivity contribution in [1.29, 1.82) is 0 Å². The molecule has 1 aliphatic heterocycles. The van der Waals surface area contributed by atoms with Crippen molar-refractivity contribution in [3.63, 3.8) is 0 Å². The number of carbonyl (C=O) groups excluding carboxylic acids is 2. The van der Waals surface area contributed by atoms with E-state index in [2.05, 4.69) is 25.4 Å². The molecule has 2 N–H and O–H groups in total. The summed E-state index contributed by atoms with van der Waals surface area (Å²) in [5.74, 6) is 0.454. The van der Waals surface area contributed by atoms with Crippen molar-refractivity contribution < 1.29 is 9.59 Å². The summed E-state index contributed by atoms with van der Waals surface area (Å²) in [6.45, 7) is 2.54. The van der Waals surface area contributed by atoms with Gasteiger partial charge in [-0.1, -0.05) is 18.2 Å². The molecule has 0 unspecified atom stereocenters. The SMILES string of the molecule is CNC(=O)c1ccc(N2CCN(C(=O)c3cc4ccccc4[nH]3)CC2)nn1. The number of carbonyl (C=O) groups is 2. The highest BCUT2D eigenvalue weighted by molar-refractivity contribution is 5.98. The van der Waals surface area contributed by atoms with Crippen LogP contribution in [0, 0.1) is 0 Å². The molecule has 0 spiro atoms. The number of aromatic nitrogens is 3. The minimum Gasteiger partial charge on any atom is -0.354 e. The van der Waals surface area contributed by atoms with E-state index in [1.54, 1.807) is 19.2 Å². The van der Waals surface area contributed by atoms with E-state index in [9.17, 15) is 9.59 Å². The first-order valence-corrected chi connectivity index (χ1v) is 8.83. The second kappa shape index (κ2) is 7.06. The van der Waals surface area contributed by atoms with Crippen molar-refractivity contribution >= 4 is 28.5 Å². The van der Waals surface area contributed by atoms with Crippen LogP contribution in [0.2, 0.25) is 0 Å². The Balaban J connectivity index is 1.41. The van der Waals surface area contributed by atoms with E-state index < -0.39 is 0 Å². The van der Waals surface area contributed by atoms with Gasteiger partial charge in [-0.15, -0.1) is 10.2 Å². The molecular formula is C19H20N6O2. The van der Waals surface area contributed by atoms with Crippen LogP contribution in [0.25, 0.3) is 10.9 Å². The van der Waals surface area contributed by atoms with E-state index in [1.807, 2.05) is 35.2 Å². The fourth-order valence-electron chi connectivity index (χ4n) is 3.24. The molecule has 1 fully saturated rings. The maximum Gasteiger partial charge on any atom is 0.271 e. The van der Waals surface area contributed by atoms with Gasteiger partial charge in [0.05, 0.1) is 0 Å². The molecule has 1 saturated heterocycles. The molecule has 8 heteroatoms. The quantitative estimate of drug-likeness (QED) is 0.730. The van der Waals surface area contributed by atoms with Gasteiger partial charge in [0.25, 0.3) is 11.8 Å². The third-order valence-electron chi connectivity index (χ3n) is 4.76. The zero-order chi connectivity index (χ0) is 18.8. The third-order valence-corrected chi connectivity index (χ3v) is 4.76. The summed E-state index contributed by atoms with van der Waals surface area (Å²) in [4.78, 5) is 31.4. The van der Waals surface area contributed by atoms with Crippen molar-refractivity contribution in [2.75, 3.05) is 38.1 Å². The standard InChI is InChI=1S/C19H20N6O2/c1-20-18(26)15-6-7-17(23-22-15)24-8-10-25(11-9-24)19(27)16-12-13-4-2-3-5-14(13)21-16/h2-7,12,21H,8-11H2,1H3,(H,20,26). The minimum atomic E-state index is -0.261. The maximum atomic E-state index is 12.8. The van der Waals surface area contributed by atoms with Crippen molar-refractivity contribution in [3.05, 3.63) is 53.9 Å². The Kier molecular flexibility index (Phi) is 4.45. The normalized spacial score (nSPS) is 14.4. The Morgan fingerprint density at radius 3 is 2.48 bits per heavy atom. The van der Waals surface area contributed by atoms with Crippen LogP contribution in [0.5, 0.6) is 0 Å². The molecule has 2 amide bonds. The topological polar surface area (TPSA) is 94.2 Å². The first-order valence-electron chi connectivity index (χ1n) is 8.83. The number of nitrogens with zero attached hydrogens (tertiary/aromatic N) is 4. The molecule has 2 aromatic heterocycles. The van der Waals surface area contributed by atoms with E-state index >= 15 is 0 Å². The number of aromatic amines is 1. The summed E-state index contributed by atoms with van der Waals surface area (Å²) in [5, 5.41) is 11.6. The largest absolute Gasteiger partial charge is 0.354 e. The number of para-hydroxylation sites is 1. The predicted octanol–water partition coefficient (Wildman–Crippen LogP) is 1.28. The fourth-order valence-corrected chi connectivity index (χ4v) is 3.24. The molecule has 0 bridgehead atoms. The summed E-state index contributed by atoms with van der Waals surface area (Å²) < 4.78 is 0. The molecule has 4 rings (SSSR count). The predicted molar refractivity (Wildman–Crippen MR) is 102 cm³/mol. The van der Waals surface area contributed by atoms with Gasteiger partial charge < -0.3 is 20.1 Å². The Morgan fingerprint density at radius 1 is 1.04 bits per heavy atom. The highest BCUT2D eigenvalue weighted by Gasteiger charge is 2.24. The van der Waals surface area contributed by atoms with E-state index in [-0.39, 0.29) is 17.5 Å². The van der Waals surface area contributed by atoms with Crippen LogP contribution in [0.4, 0.5) is 5.82 Å². The molecule has 1 aliphatic rings. The smallest absolute Gasteiger partial charge is 0.271 e. The molecule has 27 heavy (non-hydrogen) atoms. The summed E-state index contributed by atoms with van der Waals surface area (Å²) in [5.41, 5.74) is 1.86. The lowest BCUT2D eigenvalue weighted by atomic mass is 10.2. The molecule has 3 heterocycles. The second-order valence-corrected chi connectivity index (χ2v) is 6.41. The van der Waals surface area contributed by atoms with Crippen LogP contribution < -0.4 is 10.2 Å². The molecule has 0 aliphatic carbocycles. The average Bonchev–Trinajstić information content (AvgIpc) is 3.17. The molecule has 1 aromatic carbocycles. The molecule has 3 aromatic rings. The van der Waals surface area contributed by atoms with Crippen LogP contribution in [-0.4, -0.2) is 65.1 Å². The number of fused-ring (bicyclic) bond motifs is 1. The van der Waals surface area contributed by atoms with Crippen molar-refractivity contribution in [2.24, 2.45) is 0 Å². The van der Waals surface area contributed by atoms with Crippen molar-refractivity contribution in [3.8, 4) is 0 Å². The lowest BCUT2D eigenvalue weighted by Crippen LogP contribution is -2.49. The molecule has 0 saturated carbocycles. The third kappa shape index (κ3) is 3.33. The number of piperazine rings is 1. The lowest BCUT2D eigenvalue weighted by Gasteiger charge is -2.35. The number of H-pyrrole nitrogens is 1. The Labute approximate surface area is 156 Å². The van der Waals surface area contributed by atoms with Crippen LogP contribution in [0.3, 0.4) is 0 Å². The van der Waals surface area contributed by atoms with Crippen molar-refractivity contribution in [2.45, 2.75) is 0 Å². The number of hydrogen-bond donors (Lipinski definition) is 2. The number of benzene rings is 1. The molecule has 138 valence electrons. The van der Waals surface area contributed by atoms with Gasteiger partial charge in [-0.2, -0.15) is 0 Å².